The standard InChI is InChI=1S/C24H26N2O2Si.C21H18N2O2.C18H28O2/c1-22(2)19-8-9-24(10-11-29(5,6)7)13-16(15-25)18(27)12-20(24)23(19,3)14-17(26-4)21(22)28;1-6-21-8-7-16-19(2,3)18(25)14(23-5)11-20(16,4)17(21)9-15(24)13(10-21)12-22;1-16(2)13-7-11-18(12-19)9-5-4-6-14(18)17(13,3)10-8-15(16)20/h12-14,19H,8-9H2,1-3,5-7H3;1,9-11,16H,7-8H2,2-4H3;6,13,19H,4-5,7-12H2,1-3H3/t19-,23-,24+;16-,20-,21-;13-,17+,18-/m110/s1. The Hall–Kier alpha value is -6.21. The number of aliphatic hydroxyl groups is 1. The van der Waals surface area contributed by atoms with Crippen LogP contribution in [0.15, 0.2) is 81.8 Å². The van der Waals surface area contributed by atoms with E-state index in [4.69, 9.17) is 19.6 Å². The smallest absolute Gasteiger partial charge is 0.226 e. The number of rotatable bonds is 1. The number of nitriles is 2. The predicted octanol–water partition coefficient (Wildman–Crippen LogP) is 11.9. The third-order valence-corrected chi connectivity index (χ3v) is 20.5. The normalized spacial score (nSPS) is 36.7. The van der Waals surface area contributed by atoms with E-state index in [0.717, 1.165) is 49.7 Å². The molecule has 4 saturated carbocycles. The second kappa shape index (κ2) is 18.6. The second-order valence-electron chi connectivity index (χ2n) is 26.0. The molecule has 0 unspecified atom stereocenters. The van der Waals surface area contributed by atoms with Gasteiger partial charge in [-0.15, -0.1) is 12.0 Å². The van der Waals surface area contributed by atoms with Crippen LogP contribution in [0.25, 0.3) is 9.69 Å². The van der Waals surface area contributed by atoms with Gasteiger partial charge in [0.15, 0.2) is 23.1 Å². The summed E-state index contributed by atoms with van der Waals surface area (Å²) in [5.41, 5.74) is 2.61. The number of fused-ring (bicyclic) bond motifs is 9. The highest BCUT2D eigenvalue weighted by Gasteiger charge is 2.62. The lowest BCUT2D eigenvalue weighted by Crippen LogP contribution is -2.55. The number of nitrogens with zero attached hydrogens (tertiary/aromatic N) is 4. The Balaban J connectivity index is 0.000000165. The molecule has 0 heterocycles. The second-order valence-corrected chi connectivity index (χ2v) is 30.8. The van der Waals surface area contributed by atoms with Crippen molar-refractivity contribution < 1.29 is 29.1 Å². The number of ketones is 5. The summed E-state index contributed by atoms with van der Waals surface area (Å²) in [6, 6.07) is 3.96. The van der Waals surface area contributed by atoms with Crippen LogP contribution < -0.4 is 0 Å². The molecule has 9 atom stereocenters. The van der Waals surface area contributed by atoms with E-state index in [-0.39, 0.29) is 80.4 Å². The molecule has 0 aromatic carbocycles. The molecule has 384 valence electrons. The summed E-state index contributed by atoms with van der Waals surface area (Å²) in [7, 11) is -1.70. The molecular weight excluding hydrogens is 937 g/mol. The van der Waals surface area contributed by atoms with Crippen LogP contribution in [-0.2, 0) is 24.0 Å². The third kappa shape index (κ3) is 8.45. The molecule has 0 radical (unpaired) electrons. The number of Topliss-reactive ketones (excluding diaryl/α,β-unsaturated/α-hetero) is 3. The molecule has 0 aliphatic heterocycles. The lowest BCUT2D eigenvalue weighted by molar-refractivity contribution is -0.142. The van der Waals surface area contributed by atoms with Crippen molar-refractivity contribution in [3.8, 4) is 35.9 Å². The highest BCUT2D eigenvalue weighted by atomic mass is 28.3. The minimum Gasteiger partial charge on any atom is -0.395 e. The summed E-state index contributed by atoms with van der Waals surface area (Å²) in [4.78, 5) is 69.9. The molecule has 0 spiro atoms. The van der Waals surface area contributed by atoms with Gasteiger partial charge in [0.05, 0.1) is 41.7 Å². The monoisotopic (exact) mass is 1010 g/mol. The van der Waals surface area contributed by atoms with E-state index in [1.54, 1.807) is 30.4 Å². The fourth-order valence-electron chi connectivity index (χ4n) is 15.8. The SMILES string of the molecule is CC1(C)C(=O)CC[C@@]2(C)C3=CCCC[C@@]3(CO)CC[C@@H]12.[C-]#[N+]C1=C[C@@]2(C)C3=CC(=O)C(C#N)=C[C@@]3(C#C)CC[C@@H]2C(C)(C)C1=O.[C-]#[N+]C1=C[C@@]2(C)C3=CC(=O)C(C#N)=C[C@@]3(C#C[Si](C)(C)C)CC[C@@H]2C(C)(C)C1=O. The van der Waals surface area contributed by atoms with Gasteiger partial charge in [-0.2, -0.15) is 10.5 Å². The molecule has 10 nitrogen and oxygen atoms in total. The van der Waals surface area contributed by atoms with Crippen LogP contribution in [0.2, 0.25) is 19.6 Å². The molecule has 0 amide bonds. The molecule has 1 N–H and O–H groups in total. The topological polar surface area (TPSA) is 162 Å². The van der Waals surface area contributed by atoms with Crippen molar-refractivity contribution in [2.75, 3.05) is 6.61 Å². The van der Waals surface area contributed by atoms with Gasteiger partial charge in [-0.1, -0.05) is 118 Å². The number of aliphatic hydroxyl groups excluding tert-OH is 1. The van der Waals surface area contributed by atoms with Gasteiger partial charge in [-0.05, 0) is 123 Å². The Labute approximate surface area is 440 Å². The van der Waals surface area contributed by atoms with Crippen molar-refractivity contribution in [1.29, 1.82) is 10.5 Å². The average molecular weight is 1010 g/mol. The minimum absolute atomic E-state index is 0.0277. The third-order valence-electron chi connectivity index (χ3n) is 19.6. The van der Waals surface area contributed by atoms with Crippen LogP contribution in [0.4, 0.5) is 0 Å². The van der Waals surface area contributed by atoms with Gasteiger partial charge in [0.25, 0.3) is 0 Å². The van der Waals surface area contributed by atoms with Crippen molar-refractivity contribution in [1.82, 2.24) is 0 Å². The fraction of sp³-hybridized carbons (Fsp3) is 0.571. The lowest BCUT2D eigenvalue weighted by atomic mass is 9.44. The van der Waals surface area contributed by atoms with Gasteiger partial charge >= 0.3 is 0 Å². The van der Waals surface area contributed by atoms with E-state index in [9.17, 15) is 39.6 Å². The maximum atomic E-state index is 12.9. The van der Waals surface area contributed by atoms with Crippen molar-refractivity contribution in [2.24, 2.45) is 66.5 Å². The Morgan fingerprint density at radius 3 is 1.59 bits per heavy atom. The van der Waals surface area contributed by atoms with Gasteiger partial charge in [0, 0.05) is 38.9 Å². The maximum Gasteiger partial charge on any atom is 0.226 e. The van der Waals surface area contributed by atoms with E-state index in [0.29, 0.717) is 37.4 Å². The number of terminal acetylenes is 1. The van der Waals surface area contributed by atoms with E-state index >= 15 is 0 Å². The van der Waals surface area contributed by atoms with Crippen LogP contribution in [0.5, 0.6) is 0 Å². The summed E-state index contributed by atoms with van der Waals surface area (Å²) in [6.07, 6.45) is 28.1. The number of carbonyl (C=O) groups is 5. The van der Waals surface area contributed by atoms with Crippen molar-refractivity contribution >= 4 is 37.0 Å². The van der Waals surface area contributed by atoms with Gasteiger partial charge in [-0.25, -0.2) is 9.69 Å². The maximum absolute atomic E-state index is 12.9. The predicted molar refractivity (Wildman–Crippen MR) is 287 cm³/mol. The van der Waals surface area contributed by atoms with Crippen LogP contribution in [0.1, 0.15) is 133 Å². The molecular formula is C63H72N4O6Si. The largest absolute Gasteiger partial charge is 0.395 e. The Morgan fingerprint density at radius 2 is 1.14 bits per heavy atom. The average Bonchev–Trinajstić information content (AvgIpc) is 3.35. The first-order valence-electron chi connectivity index (χ1n) is 26.3. The van der Waals surface area contributed by atoms with Crippen LogP contribution in [0.3, 0.4) is 0 Å². The summed E-state index contributed by atoms with van der Waals surface area (Å²) in [6.45, 7) is 39.8. The van der Waals surface area contributed by atoms with E-state index in [2.05, 4.69) is 73.6 Å². The van der Waals surface area contributed by atoms with E-state index in [1.165, 1.54) is 18.1 Å². The van der Waals surface area contributed by atoms with E-state index < -0.39 is 40.6 Å². The van der Waals surface area contributed by atoms with Crippen LogP contribution in [-0.4, -0.2) is 48.7 Å². The quantitative estimate of drug-likeness (QED) is 0.117. The number of hydrogen-bond acceptors (Lipinski definition) is 8. The van der Waals surface area contributed by atoms with Gasteiger partial charge in [0.2, 0.25) is 11.4 Å². The zero-order valence-corrected chi connectivity index (χ0v) is 46.6. The number of allylic oxidation sites excluding steroid dienone is 13. The molecule has 9 rings (SSSR count). The molecule has 0 aromatic rings. The summed E-state index contributed by atoms with van der Waals surface area (Å²) < 4.78 is 0. The summed E-state index contributed by atoms with van der Waals surface area (Å²) in [5, 5.41) is 28.8. The molecule has 4 fully saturated rings. The van der Waals surface area contributed by atoms with Crippen LogP contribution >= 0.6 is 0 Å². The van der Waals surface area contributed by atoms with Gasteiger partial charge in [0.1, 0.15) is 26.0 Å². The van der Waals surface area contributed by atoms with Gasteiger partial charge < -0.3 is 14.7 Å². The Bertz CT molecular complexity index is 3080. The molecule has 74 heavy (non-hydrogen) atoms. The molecule has 11 heteroatoms. The first-order valence-corrected chi connectivity index (χ1v) is 29.8. The lowest BCUT2D eigenvalue weighted by Gasteiger charge is -2.60. The highest BCUT2D eigenvalue weighted by Crippen LogP contribution is 2.67. The molecule has 0 bridgehead atoms. The number of hydrogen-bond donors (Lipinski definition) is 1. The number of carbonyl (C=O) groups excluding carboxylic acids is 5. The van der Waals surface area contributed by atoms with E-state index in [1.807, 2.05) is 53.7 Å². The summed E-state index contributed by atoms with van der Waals surface area (Å²) in [5.74, 6) is 6.07. The van der Waals surface area contributed by atoms with Gasteiger partial charge in [-0.3, -0.25) is 14.4 Å². The van der Waals surface area contributed by atoms with Crippen LogP contribution in [0, 0.1) is 126 Å². The zero-order valence-electron chi connectivity index (χ0n) is 45.6. The van der Waals surface area contributed by atoms with Crippen molar-refractivity contribution in [3.63, 3.8) is 0 Å². The minimum atomic E-state index is -1.70. The van der Waals surface area contributed by atoms with Crippen molar-refractivity contribution in [3.05, 3.63) is 105 Å². The fourth-order valence-corrected chi connectivity index (χ4v) is 16.4. The van der Waals surface area contributed by atoms with Crippen molar-refractivity contribution in [2.45, 2.75) is 153 Å². The molecule has 9 aliphatic carbocycles. The highest BCUT2D eigenvalue weighted by molar-refractivity contribution is 6.83. The molecule has 9 aliphatic rings. The Morgan fingerprint density at radius 1 is 0.662 bits per heavy atom. The first-order chi connectivity index (χ1) is 34.3. The molecule has 0 saturated heterocycles. The Kier molecular flexibility index (Phi) is 13.9. The summed E-state index contributed by atoms with van der Waals surface area (Å²) >= 11 is 0. The zero-order chi connectivity index (χ0) is 55.0. The first kappa shape index (κ1) is 55.5. The molecule has 0 aromatic heterocycles.